The van der Waals surface area contributed by atoms with E-state index in [1.54, 1.807) is 4.90 Å². The van der Waals surface area contributed by atoms with Gasteiger partial charge in [-0.2, -0.15) is 0 Å². The molecule has 1 N–H and O–H groups in total. The quantitative estimate of drug-likeness (QED) is 0.910. The molecule has 0 unspecified atom stereocenters. The fourth-order valence-corrected chi connectivity index (χ4v) is 2.57. The Labute approximate surface area is 114 Å². The highest BCUT2D eigenvalue weighted by Crippen LogP contribution is 2.21. The van der Waals surface area contributed by atoms with Gasteiger partial charge in [0.25, 0.3) is 0 Å². The molecule has 0 aromatic heterocycles. The average molecular weight is 263 g/mol. The number of hydrogen-bond donors (Lipinski definition) is 1. The van der Waals surface area contributed by atoms with Gasteiger partial charge in [0, 0.05) is 25.6 Å². The van der Waals surface area contributed by atoms with Crippen LogP contribution in [-0.4, -0.2) is 35.8 Å². The lowest BCUT2D eigenvalue weighted by molar-refractivity contribution is 0.0544. The summed E-state index contributed by atoms with van der Waals surface area (Å²) in [6, 6.07) is 9.65. The minimum atomic E-state index is -0.283. The Morgan fingerprint density at radius 1 is 1.37 bits per heavy atom. The van der Waals surface area contributed by atoms with Crippen molar-refractivity contribution in [3.05, 3.63) is 35.9 Å². The lowest BCUT2D eigenvalue weighted by atomic mass is 9.91. The van der Waals surface area contributed by atoms with Gasteiger partial charge in [0.15, 0.2) is 0 Å². The number of nitrogens with zero attached hydrogens (tertiary/aromatic N) is 1. The van der Waals surface area contributed by atoms with E-state index in [0.717, 1.165) is 12.0 Å². The number of ether oxygens (including phenoxy) is 1. The second-order valence-corrected chi connectivity index (χ2v) is 5.33. The normalized spacial score (nSPS) is 23.2. The van der Waals surface area contributed by atoms with Crippen molar-refractivity contribution in [1.82, 2.24) is 4.90 Å². The number of piperidine rings is 1. The standard InChI is InChI=1S/C15H21NO3/c1-12-7-14(10-17)9-16(8-12)15(18)19-11-13-5-3-2-4-6-13/h2-6,12,14,17H,7-11H2,1H3/t12-,14+/m0/s1. The van der Waals surface area contributed by atoms with Crippen molar-refractivity contribution in [2.24, 2.45) is 11.8 Å². The van der Waals surface area contributed by atoms with Crippen LogP contribution < -0.4 is 0 Å². The molecule has 0 aliphatic carbocycles. The first-order valence-electron chi connectivity index (χ1n) is 6.75. The van der Waals surface area contributed by atoms with Crippen molar-refractivity contribution in [2.45, 2.75) is 20.0 Å². The van der Waals surface area contributed by atoms with Crippen LogP contribution in [0.15, 0.2) is 30.3 Å². The molecule has 0 saturated carbocycles. The molecule has 1 aromatic rings. The zero-order valence-corrected chi connectivity index (χ0v) is 11.3. The smallest absolute Gasteiger partial charge is 0.410 e. The summed E-state index contributed by atoms with van der Waals surface area (Å²) in [4.78, 5) is 13.7. The Balaban J connectivity index is 1.85. The topological polar surface area (TPSA) is 49.8 Å². The van der Waals surface area contributed by atoms with Crippen LogP contribution in [0.3, 0.4) is 0 Å². The molecule has 4 heteroatoms. The van der Waals surface area contributed by atoms with E-state index in [1.165, 1.54) is 0 Å². The summed E-state index contributed by atoms with van der Waals surface area (Å²) in [5, 5.41) is 9.24. The van der Waals surface area contributed by atoms with E-state index in [9.17, 15) is 9.90 Å². The van der Waals surface area contributed by atoms with Crippen molar-refractivity contribution >= 4 is 6.09 Å². The zero-order chi connectivity index (χ0) is 13.7. The lowest BCUT2D eigenvalue weighted by Crippen LogP contribution is -2.44. The van der Waals surface area contributed by atoms with Gasteiger partial charge in [0.1, 0.15) is 6.61 Å². The fraction of sp³-hybridized carbons (Fsp3) is 0.533. The van der Waals surface area contributed by atoms with Crippen LogP contribution in [0.25, 0.3) is 0 Å². The number of hydrogen-bond acceptors (Lipinski definition) is 3. The van der Waals surface area contributed by atoms with E-state index >= 15 is 0 Å². The Bertz CT molecular complexity index is 407. The van der Waals surface area contributed by atoms with Gasteiger partial charge in [0.2, 0.25) is 0 Å². The highest BCUT2D eigenvalue weighted by atomic mass is 16.6. The number of likely N-dealkylation sites (tertiary alicyclic amines) is 1. The molecule has 0 radical (unpaired) electrons. The van der Waals surface area contributed by atoms with Crippen LogP contribution in [0.4, 0.5) is 4.79 Å². The van der Waals surface area contributed by atoms with Crippen LogP contribution in [-0.2, 0) is 11.3 Å². The van der Waals surface area contributed by atoms with Gasteiger partial charge < -0.3 is 14.7 Å². The minimum Gasteiger partial charge on any atom is -0.445 e. The molecule has 0 bridgehead atoms. The zero-order valence-electron chi connectivity index (χ0n) is 11.3. The summed E-state index contributed by atoms with van der Waals surface area (Å²) in [6.07, 6.45) is 0.688. The molecule has 19 heavy (non-hydrogen) atoms. The molecule has 1 fully saturated rings. The molecule has 2 atom stereocenters. The Morgan fingerprint density at radius 2 is 2.11 bits per heavy atom. The summed E-state index contributed by atoms with van der Waals surface area (Å²) < 4.78 is 5.31. The predicted molar refractivity (Wildman–Crippen MR) is 72.6 cm³/mol. The van der Waals surface area contributed by atoms with Gasteiger partial charge in [-0.15, -0.1) is 0 Å². The van der Waals surface area contributed by atoms with Crippen LogP contribution >= 0.6 is 0 Å². The van der Waals surface area contributed by atoms with Crippen LogP contribution in [0.2, 0.25) is 0 Å². The van der Waals surface area contributed by atoms with Crippen molar-refractivity contribution in [2.75, 3.05) is 19.7 Å². The first-order valence-corrected chi connectivity index (χ1v) is 6.75. The van der Waals surface area contributed by atoms with Crippen molar-refractivity contribution in [3.8, 4) is 0 Å². The third kappa shape index (κ3) is 3.96. The molecule has 1 saturated heterocycles. The van der Waals surface area contributed by atoms with E-state index in [2.05, 4.69) is 6.92 Å². The number of benzene rings is 1. The molecule has 1 aliphatic rings. The van der Waals surface area contributed by atoms with Gasteiger partial charge in [-0.1, -0.05) is 37.3 Å². The predicted octanol–water partition coefficient (Wildman–Crippen LogP) is 2.27. The number of carbonyl (C=O) groups is 1. The molecule has 2 rings (SSSR count). The van der Waals surface area contributed by atoms with E-state index in [0.29, 0.717) is 25.6 Å². The van der Waals surface area contributed by atoms with Crippen molar-refractivity contribution in [1.29, 1.82) is 0 Å². The highest BCUT2D eigenvalue weighted by Gasteiger charge is 2.28. The van der Waals surface area contributed by atoms with Gasteiger partial charge in [-0.3, -0.25) is 0 Å². The summed E-state index contributed by atoms with van der Waals surface area (Å²) in [6.45, 7) is 3.83. The number of rotatable bonds is 3. The van der Waals surface area contributed by atoms with E-state index < -0.39 is 0 Å². The number of aliphatic hydroxyl groups excluding tert-OH is 1. The molecule has 1 aliphatic heterocycles. The second-order valence-electron chi connectivity index (χ2n) is 5.33. The lowest BCUT2D eigenvalue weighted by Gasteiger charge is -2.34. The Kier molecular flexibility index (Phi) is 4.80. The number of amides is 1. The SMILES string of the molecule is C[C@H]1C[C@@H](CO)CN(C(=O)OCc2ccccc2)C1. The van der Waals surface area contributed by atoms with Crippen molar-refractivity contribution in [3.63, 3.8) is 0 Å². The summed E-state index contributed by atoms with van der Waals surface area (Å²) in [5.74, 6) is 0.586. The van der Waals surface area contributed by atoms with Gasteiger partial charge in [-0.25, -0.2) is 4.79 Å². The molecular formula is C15H21NO3. The monoisotopic (exact) mass is 263 g/mol. The Morgan fingerprint density at radius 3 is 2.79 bits per heavy atom. The second kappa shape index (κ2) is 6.57. The maximum Gasteiger partial charge on any atom is 0.410 e. The maximum absolute atomic E-state index is 12.0. The molecule has 1 aromatic carbocycles. The molecular weight excluding hydrogens is 242 g/mol. The van der Waals surface area contributed by atoms with E-state index in [4.69, 9.17) is 4.74 Å². The fourth-order valence-electron chi connectivity index (χ4n) is 2.57. The molecule has 4 nitrogen and oxygen atoms in total. The first-order chi connectivity index (χ1) is 9.19. The summed E-state index contributed by atoms with van der Waals surface area (Å²) >= 11 is 0. The van der Waals surface area contributed by atoms with Crippen LogP contribution in [0, 0.1) is 11.8 Å². The van der Waals surface area contributed by atoms with Gasteiger partial charge in [-0.05, 0) is 17.9 Å². The maximum atomic E-state index is 12.0. The summed E-state index contributed by atoms with van der Waals surface area (Å²) in [7, 11) is 0. The minimum absolute atomic E-state index is 0.132. The average Bonchev–Trinajstić information content (AvgIpc) is 2.45. The first kappa shape index (κ1) is 13.9. The molecule has 1 amide bonds. The van der Waals surface area contributed by atoms with E-state index in [-0.39, 0.29) is 18.6 Å². The van der Waals surface area contributed by atoms with E-state index in [1.807, 2.05) is 30.3 Å². The third-order valence-electron chi connectivity index (χ3n) is 3.47. The molecule has 0 spiro atoms. The van der Waals surface area contributed by atoms with Crippen LogP contribution in [0.1, 0.15) is 18.9 Å². The largest absolute Gasteiger partial charge is 0.445 e. The van der Waals surface area contributed by atoms with Gasteiger partial charge >= 0.3 is 6.09 Å². The molecule has 1 heterocycles. The van der Waals surface area contributed by atoms with Gasteiger partial charge in [0.05, 0.1) is 0 Å². The van der Waals surface area contributed by atoms with Crippen LogP contribution in [0.5, 0.6) is 0 Å². The molecule has 104 valence electrons. The van der Waals surface area contributed by atoms with Crippen molar-refractivity contribution < 1.29 is 14.6 Å². The highest BCUT2D eigenvalue weighted by molar-refractivity contribution is 5.67. The Hall–Kier alpha value is -1.55. The summed E-state index contributed by atoms with van der Waals surface area (Å²) in [5.41, 5.74) is 0.986. The number of carbonyl (C=O) groups excluding carboxylic acids is 1. The number of aliphatic hydroxyl groups is 1. The third-order valence-corrected chi connectivity index (χ3v) is 3.47.